The summed E-state index contributed by atoms with van der Waals surface area (Å²) < 4.78 is 18.3. The fourth-order valence-electron chi connectivity index (χ4n) is 7.15. The van der Waals surface area contributed by atoms with Crippen LogP contribution in [-0.2, 0) is 20.4 Å². The molecule has 1 aromatic carbocycles. The second kappa shape index (κ2) is 11.4. The standard InChI is InChI=1S/C29H43N3O4S/c1-2-21-18-20-4-5-22(19-20)26(21)27(33)31-14-3-17-36-24-8-10-25(11-9-24)37(35)29(28(30)34)12-15-32(16-13-29)23-6-7-23/h8-11,20-23,26H,2-7,12-19H2,1H3,(H2,30,34)(H,31,33). The molecule has 1 heterocycles. The zero-order chi connectivity index (χ0) is 26.0. The number of amides is 2. The van der Waals surface area contributed by atoms with Gasteiger partial charge in [-0.1, -0.05) is 19.8 Å². The first kappa shape index (κ1) is 26.7. The number of nitrogens with one attached hydrogen (secondary N) is 1. The van der Waals surface area contributed by atoms with E-state index in [2.05, 4.69) is 17.1 Å². The number of carbonyl (C=O) groups excluding carboxylic acids is 2. The summed E-state index contributed by atoms with van der Waals surface area (Å²) in [4.78, 5) is 28.4. The third kappa shape index (κ3) is 5.75. The van der Waals surface area contributed by atoms with E-state index in [0.717, 1.165) is 31.8 Å². The summed E-state index contributed by atoms with van der Waals surface area (Å²) in [5.74, 6) is 2.60. The molecule has 1 saturated heterocycles. The second-order valence-electron chi connectivity index (χ2n) is 11.7. The van der Waals surface area contributed by atoms with Gasteiger partial charge in [-0.3, -0.25) is 13.8 Å². The molecule has 8 heteroatoms. The molecule has 5 unspecified atom stereocenters. The minimum absolute atomic E-state index is 0.183. The SMILES string of the molecule is CCC1CC2CCC(C2)C1C(=O)NCCCOc1ccc(S(=O)C2(C(N)=O)CCN(C3CC3)CC2)cc1. The summed E-state index contributed by atoms with van der Waals surface area (Å²) >= 11 is 0. The van der Waals surface area contributed by atoms with Crippen LogP contribution in [0.3, 0.4) is 0 Å². The fourth-order valence-corrected chi connectivity index (χ4v) is 8.72. The molecule has 3 saturated carbocycles. The lowest BCUT2D eigenvalue weighted by Crippen LogP contribution is -2.55. The number of fused-ring (bicyclic) bond motifs is 2. The van der Waals surface area contributed by atoms with Crippen molar-refractivity contribution in [2.75, 3.05) is 26.2 Å². The molecule has 0 radical (unpaired) electrons. The summed E-state index contributed by atoms with van der Waals surface area (Å²) in [6, 6.07) is 7.83. The largest absolute Gasteiger partial charge is 0.494 e. The molecular formula is C29H43N3O4S. The van der Waals surface area contributed by atoms with Crippen molar-refractivity contribution >= 4 is 22.6 Å². The maximum absolute atomic E-state index is 13.5. The smallest absolute Gasteiger partial charge is 0.236 e. The molecule has 4 fully saturated rings. The lowest BCUT2D eigenvalue weighted by molar-refractivity contribution is -0.130. The first-order valence-corrected chi connectivity index (χ1v) is 15.5. The first-order valence-electron chi connectivity index (χ1n) is 14.4. The number of piperidine rings is 1. The average molecular weight is 530 g/mol. The van der Waals surface area contributed by atoms with Gasteiger partial charge in [0.25, 0.3) is 0 Å². The van der Waals surface area contributed by atoms with Gasteiger partial charge in [-0.05, 0) is 93.4 Å². The van der Waals surface area contributed by atoms with Gasteiger partial charge in [0.15, 0.2) is 0 Å². The summed E-state index contributed by atoms with van der Waals surface area (Å²) in [5.41, 5.74) is 5.80. The zero-order valence-electron chi connectivity index (χ0n) is 22.2. The Labute approximate surface area is 223 Å². The molecule has 204 valence electrons. The van der Waals surface area contributed by atoms with Crippen molar-refractivity contribution in [3.63, 3.8) is 0 Å². The topological polar surface area (TPSA) is 102 Å². The number of nitrogens with two attached hydrogens (primary N) is 1. The van der Waals surface area contributed by atoms with Crippen molar-refractivity contribution in [2.24, 2.45) is 29.4 Å². The van der Waals surface area contributed by atoms with Crippen LogP contribution in [0.5, 0.6) is 5.75 Å². The Morgan fingerprint density at radius 3 is 2.49 bits per heavy atom. The van der Waals surface area contributed by atoms with E-state index >= 15 is 0 Å². The predicted octanol–water partition coefficient (Wildman–Crippen LogP) is 3.62. The van der Waals surface area contributed by atoms with E-state index in [0.29, 0.717) is 54.5 Å². The highest BCUT2D eigenvalue weighted by Crippen LogP contribution is 2.49. The molecule has 5 atom stereocenters. The summed E-state index contributed by atoms with van der Waals surface area (Å²) in [7, 11) is -1.50. The third-order valence-electron chi connectivity index (χ3n) is 9.46. The number of rotatable bonds is 11. The number of primary amides is 1. The molecule has 2 amide bonds. The van der Waals surface area contributed by atoms with Crippen LogP contribution in [0.1, 0.15) is 71.1 Å². The minimum atomic E-state index is -1.50. The fraction of sp³-hybridized carbons (Fsp3) is 0.724. The van der Waals surface area contributed by atoms with Crippen molar-refractivity contribution in [3.8, 4) is 5.75 Å². The van der Waals surface area contributed by atoms with Gasteiger partial charge in [0.1, 0.15) is 10.5 Å². The van der Waals surface area contributed by atoms with E-state index in [1.807, 2.05) is 12.1 Å². The quantitative estimate of drug-likeness (QED) is 0.427. The van der Waals surface area contributed by atoms with Crippen LogP contribution in [0.25, 0.3) is 0 Å². The van der Waals surface area contributed by atoms with Gasteiger partial charge in [0, 0.05) is 36.5 Å². The number of hydrogen-bond donors (Lipinski definition) is 2. The number of carbonyl (C=O) groups is 2. The minimum Gasteiger partial charge on any atom is -0.494 e. The Balaban J connectivity index is 1.07. The zero-order valence-corrected chi connectivity index (χ0v) is 23.0. The third-order valence-corrected chi connectivity index (χ3v) is 11.5. The molecule has 0 spiro atoms. The van der Waals surface area contributed by atoms with E-state index in [9.17, 15) is 13.8 Å². The highest BCUT2D eigenvalue weighted by Gasteiger charge is 2.48. The Morgan fingerprint density at radius 1 is 1.11 bits per heavy atom. The van der Waals surface area contributed by atoms with E-state index in [1.165, 1.54) is 38.5 Å². The van der Waals surface area contributed by atoms with E-state index in [-0.39, 0.29) is 11.8 Å². The number of ether oxygens (including phenoxy) is 1. The summed E-state index contributed by atoms with van der Waals surface area (Å²) in [6.07, 6.45) is 10.3. The Morgan fingerprint density at radius 2 is 1.84 bits per heavy atom. The van der Waals surface area contributed by atoms with E-state index in [4.69, 9.17) is 10.5 Å². The average Bonchev–Trinajstić information content (AvgIpc) is 3.70. The Hall–Kier alpha value is -1.93. The number of hydrogen-bond acceptors (Lipinski definition) is 5. The summed E-state index contributed by atoms with van der Waals surface area (Å²) in [5, 5.41) is 3.17. The molecular weight excluding hydrogens is 486 g/mol. The Kier molecular flexibility index (Phi) is 8.25. The second-order valence-corrected chi connectivity index (χ2v) is 13.5. The molecule has 4 aliphatic rings. The van der Waals surface area contributed by atoms with Gasteiger partial charge in [0.05, 0.1) is 17.4 Å². The molecule has 1 aliphatic heterocycles. The van der Waals surface area contributed by atoms with Crippen molar-refractivity contribution in [1.29, 1.82) is 0 Å². The molecule has 5 rings (SSSR count). The van der Waals surface area contributed by atoms with Gasteiger partial charge in [-0.2, -0.15) is 0 Å². The van der Waals surface area contributed by atoms with Crippen LogP contribution in [0.4, 0.5) is 0 Å². The van der Waals surface area contributed by atoms with E-state index in [1.54, 1.807) is 12.1 Å². The highest BCUT2D eigenvalue weighted by molar-refractivity contribution is 7.87. The van der Waals surface area contributed by atoms with Crippen LogP contribution in [0, 0.1) is 23.7 Å². The van der Waals surface area contributed by atoms with Crippen LogP contribution in [-0.4, -0.2) is 58.0 Å². The van der Waals surface area contributed by atoms with Crippen molar-refractivity contribution < 1.29 is 18.5 Å². The van der Waals surface area contributed by atoms with Crippen LogP contribution in [0.15, 0.2) is 29.2 Å². The van der Waals surface area contributed by atoms with Gasteiger partial charge in [0.2, 0.25) is 11.8 Å². The maximum atomic E-state index is 13.5. The number of benzene rings is 1. The van der Waals surface area contributed by atoms with Gasteiger partial charge >= 0.3 is 0 Å². The molecule has 3 N–H and O–H groups in total. The molecule has 7 nitrogen and oxygen atoms in total. The molecule has 0 aromatic heterocycles. The van der Waals surface area contributed by atoms with Crippen LogP contribution >= 0.6 is 0 Å². The van der Waals surface area contributed by atoms with Crippen molar-refractivity contribution in [3.05, 3.63) is 24.3 Å². The lowest BCUT2D eigenvalue weighted by atomic mass is 9.70. The van der Waals surface area contributed by atoms with Gasteiger partial charge < -0.3 is 20.7 Å². The monoisotopic (exact) mass is 529 g/mol. The number of nitrogens with zero attached hydrogens (tertiary/aromatic N) is 1. The van der Waals surface area contributed by atoms with Crippen LogP contribution < -0.4 is 15.8 Å². The molecule has 1 aromatic rings. The molecule has 2 bridgehead atoms. The molecule has 3 aliphatic carbocycles. The van der Waals surface area contributed by atoms with Crippen LogP contribution in [0.2, 0.25) is 0 Å². The van der Waals surface area contributed by atoms with Gasteiger partial charge in [-0.25, -0.2) is 0 Å². The highest BCUT2D eigenvalue weighted by atomic mass is 32.2. The molecule has 37 heavy (non-hydrogen) atoms. The lowest BCUT2D eigenvalue weighted by Gasteiger charge is -2.39. The predicted molar refractivity (Wildman–Crippen MR) is 144 cm³/mol. The first-order chi connectivity index (χ1) is 17.9. The summed E-state index contributed by atoms with van der Waals surface area (Å²) in [6.45, 7) is 4.88. The normalized spacial score (nSPS) is 30.0. The van der Waals surface area contributed by atoms with Crippen molar-refractivity contribution in [1.82, 2.24) is 10.2 Å². The number of likely N-dealkylation sites (tertiary alicyclic amines) is 1. The Bertz CT molecular complexity index is 987. The maximum Gasteiger partial charge on any atom is 0.236 e. The van der Waals surface area contributed by atoms with Gasteiger partial charge in [-0.15, -0.1) is 0 Å². The van der Waals surface area contributed by atoms with E-state index < -0.39 is 21.5 Å². The van der Waals surface area contributed by atoms with Crippen molar-refractivity contribution in [2.45, 2.75) is 86.8 Å².